The van der Waals surface area contributed by atoms with E-state index >= 15 is 0 Å². The van der Waals surface area contributed by atoms with Crippen molar-refractivity contribution in [1.82, 2.24) is 19.5 Å². The van der Waals surface area contributed by atoms with E-state index in [1.807, 2.05) is 31.2 Å². The Bertz CT molecular complexity index is 1690. The van der Waals surface area contributed by atoms with Crippen molar-refractivity contribution in [2.75, 3.05) is 11.1 Å². The molecule has 0 spiro atoms. The van der Waals surface area contributed by atoms with Crippen molar-refractivity contribution in [1.29, 1.82) is 5.26 Å². The highest BCUT2D eigenvalue weighted by atomic mass is 19.1. The summed E-state index contributed by atoms with van der Waals surface area (Å²) in [5.41, 5.74) is 7.85. The zero-order valence-corrected chi connectivity index (χ0v) is 19.2. The van der Waals surface area contributed by atoms with Gasteiger partial charge < -0.3 is 11.1 Å². The maximum absolute atomic E-state index is 14.1. The lowest BCUT2D eigenvalue weighted by molar-refractivity contribution is 0.628. The number of rotatable bonds is 5. The number of nitriles is 1. The first-order valence-corrected chi connectivity index (χ1v) is 11.1. The molecule has 0 radical (unpaired) electrons. The van der Waals surface area contributed by atoms with E-state index in [2.05, 4.69) is 15.3 Å². The van der Waals surface area contributed by atoms with Crippen molar-refractivity contribution in [2.45, 2.75) is 13.0 Å². The van der Waals surface area contributed by atoms with Crippen LogP contribution in [0.25, 0.3) is 27.7 Å². The van der Waals surface area contributed by atoms with E-state index in [4.69, 9.17) is 10.7 Å². The Kier molecular flexibility index (Phi) is 5.84. The average molecular weight is 478 g/mol. The zero-order valence-electron chi connectivity index (χ0n) is 19.2. The average Bonchev–Trinajstić information content (AvgIpc) is 2.89. The third kappa shape index (κ3) is 4.12. The number of nitrogens with two attached hydrogens (primary N) is 1. The standard InChI is InChI=1S/C27H20FN7O/c1-16(32-24-18(14-29)15-31-27(30)34-24)25-33-22-12-6-11-21(17-7-5-8-19(28)13-17)23(22)26(36)35(25)20-9-3-2-4-10-20/h2-13,15-16H,1H3,(H3,30,31,32,34). The molecule has 1 unspecified atom stereocenters. The summed E-state index contributed by atoms with van der Waals surface area (Å²) in [6.45, 7) is 1.81. The number of nitrogen functional groups attached to an aromatic ring is 1. The van der Waals surface area contributed by atoms with Crippen LogP contribution in [-0.2, 0) is 0 Å². The van der Waals surface area contributed by atoms with Crippen molar-refractivity contribution in [2.24, 2.45) is 0 Å². The van der Waals surface area contributed by atoms with E-state index in [-0.39, 0.29) is 22.9 Å². The highest BCUT2D eigenvalue weighted by Gasteiger charge is 2.21. The lowest BCUT2D eigenvalue weighted by Gasteiger charge is -2.21. The lowest BCUT2D eigenvalue weighted by atomic mass is 10.0. The van der Waals surface area contributed by atoms with Gasteiger partial charge in [0.1, 0.15) is 29.1 Å². The monoisotopic (exact) mass is 477 g/mol. The molecule has 0 amide bonds. The van der Waals surface area contributed by atoms with E-state index in [0.29, 0.717) is 33.5 Å². The normalized spacial score (nSPS) is 11.7. The minimum absolute atomic E-state index is 0.00959. The third-order valence-electron chi connectivity index (χ3n) is 5.74. The zero-order chi connectivity index (χ0) is 25.2. The van der Waals surface area contributed by atoms with Crippen molar-refractivity contribution in [3.05, 3.63) is 107 Å². The number of para-hydroxylation sites is 1. The first-order chi connectivity index (χ1) is 17.5. The third-order valence-corrected chi connectivity index (χ3v) is 5.74. The molecule has 176 valence electrons. The fraction of sp³-hybridized carbons (Fsp3) is 0.0741. The summed E-state index contributed by atoms with van der Waals surface area (Å²) in [6, 6.07) is 22.0. The summed E-state index contributed by atoms with van der Waals surface area (Å²) in [5.74, 6) is 0.249. The predicted octanol–water partition coefficient (Wildman–Crippen LogP) is 4.61. The number of fused-ring (bicyclic) bond motifs is 1. The van der Waals surface area contributed by atoms with Gasteiger partial charge in [0.05, 0.1) is 28.8 Å². The molecule has 0 aliphatic carbocycles. The van der Waals surface area contributed by atoms with E-state index < -0.39 is 11.9 Å². The summed E-state index contributed by atoms with van der Waals surface area (Å²) in [4.78, 5) is 26.9. The number of halogens is 1. The SMILES string of the molecule is CC(Nc1nc(N)ncc1C#N)c1nc2cccc(-c3cccc(F)c3)c2c(=O)n1-c1ccccc1. The van der Waals surface area contributed by atoms with Crippen LogP contribution in [0.4, 0.5) is 16.2 Å². The molecule has 0 fully saturated rings. The molecule has 3 N–H and O–H groups in total. The highest BCUT2D eigenvalue weighted by molar-refractivity contribution is 5.94. The van der Waals surface area contributed by atoms with Crippen LogP contribution >= 0.6 is 0 Å². The largest absolute Gasteiger partial charge is 0.368 e. The molecule has 8 nitrogen and oxygen atoms in total. The second-order valence-corrected chi connectivity index (χ2v) is 8.12. The van der Waals surface area contributed by atoms with Crippen molar-refractivity contribution >= 4 is 22.7 Å². The van der Waals surface area contributed by atoms with Gasteiger partial charge >= 0.3 is 0 Å². The number of nitrogens with one attached hydrogen (secondary N) is 1. The van der Waals surface area contributed by atoms with E-state index in [1.165, 1.54) is 22.9 Å². The second kappa shape index (κ2) is 9.27. The van der Waals surface area contributed by atoms with Gasteiger partial charge in [-0.15, -0.1) is 0 Å². The number of hydrogen-bond donors (Lipinski definition) is 2. The van der Waals surface area contributed by atoms with Crippen LogP contribution in [0.5, 0.6) is 0 Å². The van der Waals surface area contributed by atoms with E-state index in [1.54, 1.807) is 42.5 Å². The van der Waals surface area contributed by atoms with Crippen LogP contribution in [0.15, 0.2) is 83.8 Å². The molecule has 0 aliphatic rings. The summed E-state index contributed by atoms with van der Waals surface area (Å²) < 4.78 is 15.5. The molecular formula is C27H20FN7O. The van der Waals surface area contributed by atoms with Crippen molar-refractivity contribution in [3.8, 4) is 22.9 Å². The minimum atomic E-state index is -0.554. The van der Waals surface area contributed by atoms with Crippen molar-refractivity contribution < 1.29 is 4.39 Å². The molecular weight excluding hydrogens is 457 g/mol. The van der Waals surface area contributed by atoms with Gasteiger partial charge in [0.25, 0.3) is 5.56 Å². The number of hydrogen-bond acceptors (Lipinski definition) is 7. The molecule has 0 aliphatic heterocycles. The van der Waals surface area contributed by atoms with Crippen LogP contribution in [0.1, 0.15) is 24.4 Å². The van der Waals surface area contributed by atoms with Gasteiger partial charge in [0, 0.05) is 0 Å². The Morgan fingerprint density at radius 3 is 2.58 bits per heavy atom. The van der Waals surface area contributed by atoms with Crippen LogP contribution < -0.4 is 16.6 Å². The van der Waals surface area contributed by atoms with Crippen molar-refractivity contribution in [3.63, 3.8) is 0 Å². The van der Waals surface area contributed by atoms with Crippen LogP contribution in [-0.4, -0.2) is 19.5 Å². The Hall–Kier alpha value is -5.10. The van der Waals surface area contributed by atoms with Gasteiger partial charge in [-0.3, -0.25) is 9.36 Å². The van der Waals surface area contributed by atoms with Gasteiger partial charge in [-0.2, -0.15) is 10.2 Å². The number of nitrogens with zero attached hydrogens (tertiary/aromatic N) is 5. The fourth-order valence-electron chi connectivity index (χ4n) is 4.12. The minimum Gasteiger partial charge on any atom is -0.368 e. The fourth-order valence-corrected chi connectivity index (χ4v) is 4.12. The molecule has 36 heavy (non-hydrogen) atoms. The van der Waals surface area contributed by atoms with Gasteiger partial charge in [0.15, 0.2) is 0 Å². The van der Waals surface area contributed by atoms with Crippen LogP contribution in [0.2, 0.25) is 0 Å². The summed E-state index contributed by atoms with van der Waals surface area (Å²) in [6.07, 6.45) is 1.33. The quantitative estimate of drug-likeness (QED) is 0.379. The number of benzene rings is 3. The molecule has 0 bridgehead atoms. The molecule has 1 atom stereocenters. The summed E-state index contributed by atoms with van der Waals surface area (Å²) >= 11 is 0. The molecule has 2 heterocycles. The molecule has 0 saturated heterocycles. The predicted molar refractivity (Wildman–Crippen MR) is 136 cm³/mol. The number of aromatic nitrogens is 4. The highest BCUT2D eigenvalue weighted by Crippen LogP contribution is 2.29. The smallest absolute Gasteiger partial charge is 0.266 e. The van der Waals surface area contributed by atoms with Gasteiger partial charge in [0.2, 0.25) is 5.95 Å². The lowest BCUT2D eigenvalue weighted by Crippen LogP contribution is -2.28. The molecule has 5 aromatic rings. The molecule has 5 rings (SSSR count). The Labute approximate surface area is 205 Å². The maximum Gasteiger partial charge on any atom is 0.266 e. The molecule has 0 saturated carbocycles. The molecule has 3 aromatic carbocycles. The first-order valence-electron chi connectivity index (χ1n) is 11.1. The van der Waals surface area contributed by atoms with E-state index in [0.717, 1.165) is 0 Å². The number of anilines is 2. The Morgan fingerprint density at radius 2 is 1.83 bits per heavy atom. The topological polar surface area (TPSA) is 123 Å². The summed E-state index contributed by atoms with van der Waals surface area (Å²) in [7, 11) is 0. The molecule has 2 aromatic heterocycles. The van der Waals surface area contributed by atoms with Crippen LogP contribution in [0, 0.1) is 17.1 Å². The van der Waals surface area contributed by atoms with E-state index in [9.17, 15) is 14.4 Å². The van der Waals surface area contributed by atoms with Gasteiger partial charge in [-0.25, -0.2) is 14.4 Å². The summed E-state index contributed by atoms with van der Waals surface area (Å²) in [5, 5.41) is 13.0. The Morgan fingerprint density at radius 1 is 1.06 bits per heavy atom. The van der Waals surface area contributed by atoms with Gasteiger partial charge in [-0.05, 0) is 48.4 Å². The molecule has 9 heteroatoms. The Balaban J connectivity index is 1.75. The van der Waals surface area contributed by atoms with Gasteiger partial charge in [-0.1, -0.05) is 42.5 Å². The second-order valence-electron chi connectivity index (χ2n) is 8.12. The maximum atomic E-state index is 14.1. The van der Waals surface area contributed by atoms with Crippen LogP contribution in [0.3, 0.4) is 0 Å². The first kappa shape index (κ1) is 22.7.